The van der Waals surface area contributed by atoms with E-state index in [2.05, 4.69) is 4.74 Å². The monoisotopic (exact) mass is 676 g/mol. The molecule has 5 rings (SSSR count). The largest absolute Gasteiger partial charge is 0.471 e. The van der Waals surface area contributed by atoms with Crippen molar-refractivity contribution in [3.8, 4) is 0 Å². The summed E-state index contributed by atoms with van der Waals surface area (Å²) < 4.78 is 87.6. The van der Waals surface area contributed by atoms with Crippen LogP contribution in [0.5, 0.6) is 0 Å². The molecule has 0 bridgehead atoms. The summed E-state index contributed by atoms with van der Waals surface area (Å²) in [5, 5.41) is 4.45. The lowest BCUT2D eigenvalue weighted by atomic mass is 9.85. The van der Waals surface area contributed by atoms with Crippen LogP contribution in [0.1, 0.15) is 33.6 Å². The zero-order valence-electron chi connectivity index (χ0n) is 25.2. The normalized spacial score (nSPS) is 14.0. The van der Waals surface area contributed by atoms with Gasteiger partial charge in [-0.3, -0.25) is 19.6 Å². The Morgan fingerprint density at radius 2 is 1.27 bits per heavy atom. The van der Waals surface area contributed by atoms with Gasteiger partial charge >= 0.3 is 36.1 Å². The van der Waals surface area contributed by atoms with E-state index < -0.39 is 48.2 Å². The highest BCUT2D eigenvalue weighted by molar-refractivity contribution is 5.91. The van der Waals surface area contributed by atoms with Crippen LogP contribution in [-0.4, -0.2) is 72.4 Å². The molecule has 4 aromatic rings. The molecule has 2 heterocycles. The molecule has 2 atom stereocenters. The molecule has 2 unspecified atom stereocenters. The maximum atomic E-state index is 13.1. The number of para-hydroxylation sites is 1. The highest BCUT2D eigenvalue weighted by Gasteiger charge is 2.42. The third-order valence-electron chi connectivity index (χ3n) is 7.95. The van der Waals surface area contributed by atoms with E-state index >= 15 is 0 Å². The average molecular weight is 677 g/mol. The highest BCUT2D eigenvalue weighted by atomic mass is 19.4. The second kappa shape index (κ2) is 13.1. The second-order valence-corrected chi connectivity index (χ2v) is 11.0. The van der Waals surface area contributed by atoms with Crippen LogP contribution < -0.4 is 10.6 Å². The van der Waals surface area contributed by atoms with E-state index in [-0.39, 0.29) is 25.7 Å². The molecule has 2 N–H and O–H groups in total. The standard InChI is InChI=1S/C32H26F6N4O6/c1-47-27(43)25(41-29(45)31(33,34)35)11-15-6-5-9-22-18(15)10-16-12-24-20(14-23(16)39-22)19(17-7-3-4-8-21(17)40-24)13-26(28(44)48-2)42-30(46)32(36,37)38/h3-10,25-26H,11-14H2,1-2H3,(H,41,45)(H,42,46). The zero-order valence-corrected chi connectivity index (χ0v) is 25.2. The highest BCUT2D eigenvalue weighted by Crippen LogP contribution is 2.35. The number of halogens is 6. The molecule has 16 heteroatoms. The lowest BCUT2D eigenvalue weighted by molar-refractivity contribution is -0.175. The van der Waals surface area contributed by atoms with Crippen molar-refractivity contribution in [3.63, 3.8) is 0 Å². The quantitative estimate of drug-likeness (QED) is 0.187. The Hall–Kier alpha value is -5.28. The molecule has 0 saturated carbocycles. The Bertz CT molecular complexity index is 1940. The first-order valence-electron chi connectivity index (χ1n) is 14.3. The minimum Gasteiger partial charge on any atom is -0.467 e. The number of benzene rings is 2. The summed E-state index contributed by atoms with van der Waals surface area (Å²) in [5.74, 6) is -6.75. The summed E-state index contributed by atoms with van der Waals surface area (Å²) in [6.45, 7) is 0. The molecule has 0 saturated heterocycles. The molecule has 0 fully saturated rings. The van der Waals surface area contributed by atoms with Gasteiger partial charge in [0.1, 0.15) is 12.1 Å². The minimum atomic E-state index is -5.24. The molecule has 10 nitrogen and oxygen atoms in total. The number of nitrogens with zero attached hydrogens (tertiary/aromatic N) is 2. The molecule has 0 aliphatic heterocycles. The first kappa shape index (κ1) is 34.1. The number of methoxy groups -OCH3 is 2. The fourth-order valence-electron chi connectivity index (χ4n) is 5.71. The number of carbonyl (C=O) groups is 4. The molecule has 2 aromatic heterocycles. The predicted octanol–water partition coefficient (Wildman–Crippen LogP) is 3.80. The summed E-state index contributed by atoms with van der Waals surface area (Å²) >= 11 is 0. The van der Waals surface area contributed by atoms with Crippen molar-refractivity contribution < 1.29 is 55.0 Å². The van der Waals surface area contributed by atoms with Crippen molar-refractivity contribution in [2.45, 2.75) is 50.1 Å². The first-order valence-corrected chi connectivity index (χ1v) is 14.3. The SMILES string of the molecule is COC(=O)C(Cc1cccc2nc3c(cc12)Cc1nc2ccccc2c(CC(NC(=O)C(F)(F)F)C(=O)OC)c1C3)NC(=O)C(F)(F)F. The molecule has 1 aliphatic rings. The number of hydrogen-bond donors (Lipinski definition) is 2. The number of rotatable bonds is 8. The van der Waals surface area contributed by atoms with Gasteiger partial charge in [0.05, 0.1) is 25.3 Å². The number of amides is 2. The van der Waals surface area contributed by atoms with E-state index in [1.165, 1.54) is 0 Å². The molecule has 0 spiro atoms. The van der Waals surface area contributed by atoms with E-state index in [1.807, 2.05) is 0 Å². The van der Waals surface area contributed by atoms with Gasteiger partial charge in [-0.15, -0.1) is 0 Å². The van der Waals surface area contributed by atoms with E-state index in [0.29, 0.717) is 55.4 Å². The number of carbonyl (C=O) groups excluding carboxylic acids is 4. The number of fused-ring (bicyclic) bond motifs is 4. The minimum absolute atomic E-state index is 0.144. The van der Waals surface area contributed by atoms with Crippen LogP contribution in [0.25, 0.3) is 21.8 Å². The van der Waals surface area contributed by atoms with Crippen LogP contribution in [0.3, 0.4) is 0 Å². The van der Waals surface area contributed by atoms with Gasteiger partial charge in [0.15, 0.2) is 0 Å². The van der Waals surface area contributed by atoms with Gasteiger partial charge in [0.2, 0.25) is 0 Å². The van der Waals surface area contributed by atoms with E-state index in [9.17, 15) is 45.5 Å². The van der Waals surface area contributed by atoms with Gasteiger partial charge in [-0.2, -0.15) is 26.3 Å². The topological polar surface area (TPSA) is 137 Å². The van der Waals surface area contributed by atoms with Crippen molar-refractivity contribution in [1.82, 2.24) is 20.6 Å². The lowest BCUT2D eigenvalue weighted by Gasteiger charge is -2.25. The van der Waals surface area contributed by atoms with Gasteiger partial charge in [0.25, 0.3) is 0 Å². The Balaban J connectivity index is 1.55. The van der Waals surface area contributed by atoms with Crippen LogP contribution in [0.2, 0.25) is 0 Å². The molecule has 2 aromatic carbocycles. The number of ether oxygens (including phenoxy) is 2. The Labute approximate surface area is 267 Å². The molecule has 0 radical (unpaired) electrons. The average Bonchev–Trinajstić information content (AvgIpc) is 3.04. The maximum Gasteiger partial charge on any atom is 0.471 e. The third-order valence-corrected chi connectivity index (χ3v) is 7.95. The predicted molar refractivity (Wildman–Crippen MR) is 157 cm³/mol. The molecule has 2 amide bonds. The second-order valence-electron chi connectivity index (χ2n) is 11.0. The summed E-state index contributed by atoms with van der Waals surface area (Å²) in [6.07, 6.45) is -10.8. The Morgan fingerprint density at radius 1 is 0.729 bits per heavy atom. The van der Waals surface area contributed by atoms with Crippen LogP contribution in [0.4, 0.5) is 26.3 Å². The van der Waals surface area contributed by atoms with Crippen LogP contribution in [-0.2, 0) is 54.3 Å². The Kier molecular flexibility index (Phi) is 9.28. The maximum absolute atomic E-state index is 13.1. The summed E-state index contributed by atoms with van der Waals surface area (Å²) in [5.41, 5.74) is 4.15. The van der Waals surface area contributed by atoms with Crippen molar-refractivity contribution in [3.05, 3.63) is 82.2 Å². The summed E-state index contributed by atoms with van der Waals surface area (Å²) in [7, 11) is 1.97. The van der Waals surface area contributed by atoms with Crippen molar-refractivity contribution in [1.29, 1.82) is 0 Å². The smallest absolute Gasteiger partial charge is 0.467 e. The fraction of sp³-hybridized carbons (Fsp3) is 0.312. The lowest BCUT2D eigenvalue weighted by Crippen LogP contribution is -2.48. The molecule has 1 aliphatic carbocycles. The van der Waals surface area contributed by atoms with Crippen LogP contribution in [0.15, 0.2) is 48.5 Å². The zero-order chi connectivity index (χ0) is 35.0. The summed E-state index contributed by atoms with van der Waals surface area (Å²) in [6, 6.07) is 10.0. The molecule has 252 valence electrons. The fourth-order valence-corrected chi connectivity index (χ4v) is 5.71. The van der Waals surface area contributed by atoms with Gasteiger partial charge < -0.3 is 20.1 Å². The van der Waals surface area contributed by atoms with Crippen LogP contribution >= 0.6 is 0 Å². The van der Waals surface area contributed by atoms with Gasteiger partial charge in [-0.05, 0) is 40.5 Å². The van der Waals surface area contributed by atoms with E-state index in [0.717, 1.165) is 14.2 Å². The van der Waals surface area contributed by atoms with Gasteiger partial charge in [-0.25, -0.2) is 9.59 Å². The van der Waals surface area contributed by atoms with E-state index in [1.54, 1.807) is 59.2 Å². The number of hydrogen-bond acceptors (Lipinski definition) is 8. The van der Waals surface area contributed by atoms with Crippen molar-refractivity contribution in [2.24, 2.45) is 0 Å². The number of esters is 2. The number of alkyl halides is 6. The third kappa shape index (κ3) is 7.01. The van der Waals surface area contributed by atoms with Crippen molar-refractivity contribution >= 4 is 45.6 Å². The summed E-state index contributed by atoms with van der Waals surface area (Å²) in [4.78, 5) is 57.9. The molecule has 48 heavy (non-hydrogen) atoms. The Morgan fingerprint density at radius 3 is 1.88 bits per heavy atom. The molecular weight excluding hydrogens is 650 g/mol. The number of nitrogens with one attached hydrogen (secondary N) is 2. The first-order chi connectivity index (χ1) is 22.6. The number of pyridine rings is 2. The number of aromatic nitrogens is 2. The van der Waals surface area contributed by atoms with Gasteiger partial charge in [-0.1, -0.05) is 30.3 Å². The van der Waals surface area contributed by atoms with Crippen LogP contribution in [0, 0.1) is 0 Å². The van der Waals surface area contributed by atoms with E-state index in [4.69, 9.17) is 14.7 Å². The van der Waals surface area contributed by atoms with Gasteiger partial charge in [0, 0.05) is 47.8 Å². The van der Waals surface area contributed by atoms with Crippen molar-refractivity contribution in [2.75, 3.05) is 14.2 Å². The molecular formula is C32H26F6N4O6.